The summed E-state index contributed by atoms with van der Waals surface area (Å²) in [4.78, 5) is 22.1. The third-order valence-corrected chi connectivity index (χ3v) is 3.17. The van der Waals surface area contributed by atoms with Gasteiger partial charge in [-0.1, -0.05) is 42.5 Å². The van der Waals surface area contributed by atoms with Crippen molar-refractivity contribution in [2.45, 2.75) is 6.42 Å². The number of nitro groups is 1. The number of carbonyl (C=O) groups is 1. The van der Waals surface area contributed by atoms with Crippen molar-refractivity contribution in [2.24, 2.45) is 0 Å². The first-order valence-electron chi connectivity index (χ1n) is 6.92. The van der Waals surface area contributed by atoms with Crippen molar-refractivity contribution < 1.29 is 14.5 Å². The van der Waals surface area contributed by atoms with E-state index in [2.05, 4.69) is 5.73 Å². The summed E-state index contributed by atoms with van der Waals surface area (Å²) < 4.78 is 4.77. The number of hydrogen-bond acceptors (Lipinski definition) is 4. The zero-order chi connectivity index (χ0) is 16.7. The van der Waals surface area contributed by atoms with Crippen LogP contribution in [0.15, 0.2) is 65.9 Å². The van der Waals surface area contributed by atoms with Gasteiger partial charge in [0.25, 0.3) is 5.69 Å². The molecular formula is C18H15NO4. The minimum Gasteiger partial charge on any atom is -0.465 e. The molecule has 5 heteroatoms. The molecule has 2 aromatic carbocycles. The van der Waals surface area contributed by atoms with E-state index in [1.165, 1.54) is 19.2 Å². The topological polar surface area (TPSA) is 69.4 Å². The molecule has 23 heavy (non-hydrogen) atoms. The van der Waals surface area contributed by atoms with Gasteiger partial charge in [-0.3, -0.25) is 10.1 Å². The molecule has 5 nitrogen and oxygen atoms in total. The van der Waals surface area contributed by atoms with Crippen LogP contribution in [-0.4, -0.2) is 18.0 Å². The summed E-state index contributed by atoms with van der Waals surface area (Å²) >= 11 is 0. The van der Waals surface area contributed by atoms with E-state index in [9.17, 15) is 14.9 Å². The highest BCUT2D eigenvalue weighted by Crippen LogP contribution is 2.15. The van der Waals surface area contributed by atoms with E-state index in [-0.39, 0.29) is 12.1 Å². The van der Waals surface area contributed by atoms with Gasteiger partial charge >= 0.3 is 5.97 Å². The molecule has 0 bridgehead atoms. The summed E-state index contributed by atoms with van der Waals surface area (Å²) in [6.45, 7) is 0. The Morgan fingerprint density at radius 2 is 1.83 bits per heavy atom. The fourth-order valence-corrected chi connectivity index (χ4v) is 1.96. The minimum atomic E-state index is -0.476. The number of non-ortho nitro benzene ring substituents is 1. The quantitative estimate of drug-likeness (QED) is 0.278. The summed E-state index contributed by atoms with van der Waals surface area (Å²) in [6.07, 6.45) is 1.99. The SMILES string of the molecule is COC(=O)C(=C=Cc1ccccc1)Cc1ccc([N+](=O)[O-])cc1. The Morgan fingerprint density at radius 1 is 1.17 bits per heavy atom. The van der Waals surface area contributed by atoms with Gasteiger partial charge < -0.3 is 4.74 Å². The molecule has 116 valence electrons. The van der Waals surface area contributed by atoms with Gasteiger partial charge in [-0.25, -0.2) is 4.79 Å². The molecule has 0 atom stereocenters. The van der Waals surface area contributed by atoms with E-state index >= 15 is 0 Å². The lowest BCUT2D eigenvalue weighted by molar-refractivity contribution is -0.384. The van der Waals surface area contributed by atoms with Crippen molar-refractivity contribution in [1.29, 1.82) is 0 Å². The monoisotopic (exact) mass is 309 g/mol. The zero-order valence-corrected chi connectivity index (χ0v) is 12.6. The van der Waals surface area contributed by atoms with Gasteiger partial charge in [-0.2, -0.15) is 0 Å². The Hall–Kier alpha value is -3.17. The second-order valence-corrected chi connectivity index (χ2v) is 4.77. The van der Waals surface area contributed by atoms with Crippen LogP contribution in [0.5, 0.6) is 0 Å². The number of hydrogen-bond donors (Lipinski definition) is 0. The van der Waals surface area contributed by atoms with Crippen LogP contribution in [0, 0.1) is 10.1 Å². The molecule has 0 saturated heterocycles. The average molecular weight is 309 g/mol. The normalized spacial score (nSPS) is 9.61. The van der Waals surface area contributed by atoms with Crippen molar-refractivity contribution in [1.82, 2.24) is 0 Å². The first kappa shape index (κ1) is 16.2. The maximum atomic E-state index is 11.9. The first-order chi connectivity index (χ1) is 11.1. The van der Waals surface area contributed by atoms with Crippen molar-refractivity contribution in [2.75, 3.05) is 7.11 Å². The van der Waals surface area contributed by atoms with Crippen molar-refractivity contribution in [3.05, 3.63) is 87.1 Å². The summed E-state index contributed by atoms with van der Waals surface area (Å²) in [7, 11) is 1.31. The molecule has 0 aliphatic rings. The molecule has 0 saturated carbocycles. The third kappa shape index (κ3) is 4.66. The van der Waals surface area contributed by atoms with Gasteiger partial charge in [0.1, 0.15) is 0 Å². The first-order valence-corrected chi connectivity index (χ1v) is 6.92. The van der Waals surface area contributed by atoms with Crippen LogP contribution in [-0.2, 0) is 16.0 Å². The summed E-state index contributed by atoms with van der Waals surface area (Å²) in [5, 5.41) is 10.7. The van der Waals surface area contributed by atoms with Crippen molar-refractivity contribution in [3.63, 3.8) is 0 Å². The van der Waals surface area contributed by atoms with Gasteiger partial charge in [0, 0.05) is 18.6 Å². The predicted octanol–water partition coefficient (Wildman–Crippen LogP) is 3.55. The fourth-order valence-electron chi connectivity index (χ4n) is 1.96. The maximum absolute atomic E-state index is 11.9. The molecule has 0 aliphatic heterocycles. The number of carbonyl (C=O) groups excluding carboxylic acids is 1. The number of benzene rings is 2. The van der Waals surface area contributed by atoms with Gasteiger partial charge in [-0.15, -0.1) is 5.73 Å². The zero-order valence-electron chi connectivity index (χ0n) is 12.6. The molecule has 0 radical (unpaired) electrons. The molecule has 0 N–H and O–H groups in total. The highest BCUT2D eigenvalue weighted by atomic mass is 16.6. The number of methoxy groups -OCH3 is 1. The number of ether oxygens (including phenoxy) is 1. The molecule has 0 amide bonds. The Kier molecular flexibility index (Phi) is 5.45. The van der Waals surface area contributed by atoms with Crippen molar-refractivity contribution >= 4 is 17.7 Å². The van der Waals surface area contributed by atoms with Crippen LogP contribution >= 0.6 is 0 Å². The maximum Gasteiger partial charge on any atom is 0.341 e. The van der Waals surface area contributed by atoms with Gasteiger partial charge in [0.2, 0.25) is 0 Å². The molecule has 0 fully saturated rings. The summed E-state index contributed by atoms with van der Waals surface area (Å²) in [5.74, 6) is -0.476. The van der Waals surface area contributed by atoms with E-state index in [0.717, 1.165) is 11.1 Å². The second-order valence-electron chi connectivity index (χ2n) is 4.77. The minimum absolute atomic E-state index is 0.0113. The van der Waals surface area contributed by atoms with Gasteiger partial charge in [0.15, 0.2) is 0 Å². The smallest absolute Gasteiger partial charge is 0.341 e. The predicted molar refractivity (Wildman–Crippen MR) is 86.7 cm³/mol. The Morgan fingerprint density at radius 3 is 2.39 bits per heavy atom. The molecule has 0 heterocycles. The second kappa shape index (κ2) is 7.73. The Bertz CT molecular complexity index is 757. The number of nitrogens with zero attached hydrogens (tertiary/aromatic N) is 1. The van der Waals surface area contributed by atoms with E-state index in [4.69, 9.17) is 4.74 Å². The largest absolute Gasteiger partial charge is 0.465 e. The molecule has 0 aromatic heterocycles. The lowest BCUT2D eigenvalue weighted by Gasteiger charge is -2.03. The molecular weight excluding hydrogens is 294 g/mol. The van der Waals surface area contributed by atoms with Crippen LogP contribution in [0.25, 0.3) is 6.08 Å². The van der Waals surface area contributed by atoms with Gasteiger partial charge in [0.05, 0.1) is 17.6 Å². The highest BCUT2D eigenvalue weighted by molar-refractivity contribution is 5.89. The molecule has 0 aliphatic carbocycles. The third-order valence-electron chi connectivity index (χ3n) is 3.17. The Labute approximate surface area is 133 Å². The Balaban J connectivity index is 2.27. The average Bonchev–Trinajstić information content (AvgIpc) is 2.59. The lowest BCUT2D eigenvalue weighted by Crippen LogP contribution is -2.06. The number of esters is 1. The molecule has 2 rings (SSSR count). The van der Waals surface area contributed by atoms with Crippen LogP contribution in [0.3, 0.4) is 0 Å². The highest BCUT2D eigenvalue weighted by Gasteiger charge is 2.11. The summed E-state index contributed by atoms with van der Waals surface area (Å²) in [6, 6.07) is 15.5. The van der Waals surface area contributed by atoms with E-state index in [1.807, 2.05) is 30.3 Å². The summed E-state index contributed by atoms with van der Waals surface area (Å²) in [5.41, 5.74) is 5.00. The van der Waals surface area contributed by atoms with E-state index < -0.39 is 10.9 Å². The van der Waals surface area contributed by atoms with Gasteiger partial charge in [-0.05, 0) is 17.2 Å². The van der Waals surface area contributed by atoms with Crippen LogP contribution in [0.1, 0.15) is 11.1 Å². The molecule has 0 spiro atoms. The molecule has 0 unspecified atom stereocenters. The van der Waals surface area contributed by atoms with E-state index in [0.29, 0.717) is 5.57 Å². The van der Waals surface area contributed by atoms with Crippen LogP contribution in [0.2, 0.25) is 0 Å². The number of nitro benzene ring substituents is 1. The van der Waals surface area contributed by atoms with E-state index in [1.54, 1.807) is 18.2 Å². The van der Waals surface area contributed by atoms with Crippen LogP contribution in [0.4, 0.5) is 5.69 Å². The standard InChI is InChI=1S/C18H15NO4/c1-23-18(20)16(10-7-14-5-3-2-4-6-14)13-15-8-11-17(12-9-15)19(21)22/h2-9,11-12H,13H2,1H3. The lowest BCUT2D eigenvalue weighted by atomic mass is 10.0. The van der Waals surface area contributed by atoms with Crippen LogP contribution < -0.4 is 0 Å². The van der Waals surface area contributed by atoms with Crippen molar-refractivity contribution in [3.8, 4) is 0 Å². The number of rotatable bonds is 5. The fraction of sp³-hybridized carbons (Fsp3) is 0.111. The molecule has 2 aromatic rings.